The van der Waals surface area contributed by atoms with E-state index in [1.54, 1.807) is 0 Å². The monoisotopic (exact) mass is 355 g/mol. The molecule has 0 aliphatic carbocycles. The van der Waals surface area contributed by atoms with E-state index in [0.29, 0.717) is 0 Å². The van der Waals surface area contributed by atoms with E-state index in [1.165, 1.54) is 0 Å². The van der Waals surface area contributed by atoms with E-state index in [4.69, 9.17) is 0 Å². The van der Waals surface area contributed by atoms with Gasteiger partial charge in [-0.15, -0.1) is 0 Å². The van der Waals surface area contributed by atoms with Gasteiger partial charge in [0.2, 0.25) is 0 Å². The molecule has 0 amide bonds. The fourth-order valence-corrected chi connectivity index (χ4v) is 0. The van der Waals surface area contributed by atoms with Crippen molar-refractivity contribution in [1.82, 2.24) is 0 Å². The van der Waals surface area contributed by atoms with E-state index in [9.17, 15) is 0 Å². The molecule has 0 rings (SSSR count). The second-order valence-electron chi connectivity index (χ2n) is 0. The maximum absolute atomic E-state index is 0. The molecule has 0 fully saturated rings. The maximum Gasteiger partial charge on any atom is 0 e. The summed E-state index contributed by atoms with van der Waals surface area (Å²) in [6.45, 7) is 0. The van der Waals surface area contributed by atoms with Crippen molar-refractivity contribution in [3.8, 4) is 0 Å². The largest absolute Gasteiger partial charge is 0 e. The van der Waals surface area contributed by atoms with Crippen LogP contribution in [0, 0.1) is 0 Å². The first kappa shape index (κ1) is 30.4. The molecule has 0 unspecified atom stereocenters. The SMILES string of the molecule is [Fe].[Ni].[Sb].[Sn]. The van der Waals surface area contributed by atoms with Crippen LogP contribution >= 0.6 is 0 Å². The van der Waals surface area contributed by atoms with Crippen molar-refractivity contribution in [3.63, 3.8) is 0 Å². The smallest absolute Gasteiger partial charge is 0 e. The third kappa shape index (κ3) is 8.82. The molecule has 0 saturated heterocycles. The van der Waals surface area contributed by atoms with Crippen molar-refractivity contribution in [2.45, 2.75) is 0 Å². The van der Waals surface area contributed by atoms with Gasteiger partial charge < -0.3 is 0 Å². The average molecular weight is 355 g/mol. The van der Waals surface area contributed by atoms with E-state index < -0.39 is 0 Å². The van der Waals surface area contributed by atoms with Crippen molar-refractivity contribution >= 4 is 48.3 Å². The fraction of sp³-hybridized carbons (Fsp3) is 0. The second kappa shape index (κ2) is 17.4. The van der Waals surface area contributed by atoms with Crippen LogP contribution in [0.1, 0.15) is 0 Å². The summed E-state index contributed by atoms with van der Waals surface area (Å²) < 4.78 is 0. The first-order valence-electron chi connectivity index (χ1n) is 0. The molecule has 0 aromatic heterocycles. The molecular weight excluding hydrogens is 355 g/mol. The van der Waals surface area contributed by atoms with Gasteiger partial charge in [0.25, 0.3) is 0 Å². The average Bonchev–Trinajstić information content (AvgIpc) is 0. The molecule has 0 N–H and O–H groups in total. The van der Waals surface area contributed by atoms with Crippen LogP contribution < -0.4 is 0 Å². The summed E-state index contributed by atoms with van der Waals surface area (Å²) in [6.07, 6.45) is 0. The van der Waals surface area contributed by atoms with Gasteiger partial charge in [0.1, 0.15) is 0 Å². The Kier molecular flexibility index (Phi) is 133. The minimum Gasteiger partial charge on any atom is 0 e. The predicted molar refractivity (Wildman–Crippen MR) is 11.5 cm³/mol. The standard InChI is InChI=1S/Fe.Ni.Sb.Sn. The normalized spacial score (nSPS) is 0. The van der Waals surface area contributed by atoms with Crippen LogP contribution in [0.4, 0.5) is 0 Å². The molecule has 0 aliphatic rings. The van der Waals surface area contributed by atoms with Gasteiger partial charge in [-0.3, -0.25) is 0 Å². The van der Waals surface area contributed by atoms with Crippen molar-refractivity contribution in [3.05, 3.63) is 0 Å². The summed E-state index contributed by atoms with van der Waals surface area (Å²) in [5.74, 6) is 0. The number of hydrogen-bond donors (Lipinski definition) is 0. The van der Waals surface area contributed by atoms with E-state index in [-0.39, 0.29) is 81.9 Å². The second-order valence-corrected chi connectivity index (χ2v) is 0. The molecule has 27 valence electrons. The summed E-state index contributed by atoms with van der Waals surface area (Å²) in [6, 6.07) is 0. The van der Waals surface area contributed by atoms with Crippen LogP contribution in [0.25, 0.3) is 0 Å². The van der Waals surface area contributed by atoms with Crippen LogP contribution in [0.3, 0.4) is 0 Å². The molecule has 7 radical (unpaired) electrons. The van der Waals surface area contributed by atoms with E-state index >= 15 is 0 Å². The van der Waals surface area contributed by atoms with Crippen LogP contribution in [0.2, 0.25) is 0 Å². The Hall–Kier alpha value is 2.63. The van der Waals surface area contributed by atoms with Gasteiger partial charge in [-0.05, 0) is 0 Å². The van der Waals surface area contributed by atoms with E-state index in [1.807, 2.05) is 0 Å². The van der Waals surface area contributed by atoms with Gasteiger partial charge in [-0.25, -0.2) is 0 Å². The van der Waals surface area contributed by atoms with Gasteiger partial charge in [0.05, 0.1) is 0 Å². The molecule has 0 aliphatic heterocycles. The first-order chi connectivity index (χ1) is 0. The van der Waals surface area contributed by atoms with Gasteiger partial charge in [0.15, 0.2) is 0 Å². The maximum atomic E-state index is 0. The van der Waals surface area contributed by atoms with Crippen molar-refractivity contribution < 1.29 is 33.6 Å². The molecule has 0 saturated carbocycles. The molecule has 4 heavy (non-hydrogen) atoms. The van der Waals surface area contributed by atoms with Crippen molar-refractivity contribution in [2.24, 2.45) is 0 Å². The van der Waals surface area contributed by atoms with Crippen LogP contribution in [0.15, 0.2) is 0 Å². The van der Waals surface area contributed by atoms with Crippen molar-refractivity contribution in [1.29, 1.82) is 0 Å². The fourth-order valence-electron chi connectivity index (χ4n) is 0. The Morgan fingerprint density at radius 2 is 1.00 bits per heavy atom. The zero-order valence-corrected chi connectivity index (χ0v) is 9.12. The summed E-state index contributed by atoms with van der Waals surface area (Å²) >= 11 is 0. The third-order valence-corrected chi connectivity index (χ3v) is 0. The minimum absolute atomic E-state index is 0. The zero-order chi connectivity index (χ0) is 0. The van der Waals surface area contributed by atoms with Crippen LogP contribution in [0.5, 0.6) is 0 Å². The predicted octanol–water partition coefficient (Wildman–Crippen LogP) is -0.767. The van der Waals surface area contributed by atoms with E-state index in [2.05, 4.69) is 0 Å². The minimum atomic E-state index is 0. The van der Waals surface area contributed by atoms with Crippen LogP contribution in [-0.2, 0) is 33.6 Å². The van der Waals surface area contributed by atoms with Gasteiger partial charge in [-0.2, -0.15) is 0 Å². The zero-order valence-electron chi connectivity index (χ0n) is 1.62. The Morgan fingerprint density at radius 1 is 1.00 bits per heavy atom. The molecule has 0 aromatic rings. The van der Waals surface area contributed by atoms with Gasteiger partial charge >= 0.3 is 0 Å². The molecule has 0 spiro atoms. The summed E-state index contributed by atoms with van der Waals surface area (Å²) in [7, 11) is 0. The molecule has 0 atom stereocenters. The number of hydrogen-bond acceptors (Lipinski definition) is 0. The third-order valence-electron chi connectivity index (χ3n) is 0. The van der Waals surface area contributed by atoms with Crippen LogP contribution in [-0.4, -0.2) is 48.3 Å². The molecular formula is FeNiSbSn. The molecule has 4 heteroatoms. The summed E-state index contributed by atoms with van der Waals surface area (Å²) in [5, 5.41) is 0. The molecule has 0 heterocycles. The van der Waals surface area contributed by atoms with E-state index in [0.717, 1.165) is 0 Å². The van der Waals surface area contributed by atoms with Gasteiger partial charge in [-0.1, -0.05) is 0 Å². The number of rotatable bonds is 0. The molecule has 0 nitrogen and oxygen atoms in total. The Balaban J connectivity index is 0. The Morgan fingerprint density at radius 3 is 1.00 bits per heavy atom. The molecule has 0 bridgehead atoms. The first-order valence-corrected chi connectivity index (χ1v) is 0. The Bertz CT molecular complexity index is 8.00. The Labute approximate surface area is 80.7 Å². The topological polar surface area (TPSA) is 0 Å². The summed E-state index contributed by atoms with van der Waals surface area (Å²) in [4.78, 5) is 0. The van der Waals surface area contributed by atoms with Crippen molar-refractivity contribution in [2.75, 3.05) is 0 Å². The quantitative estimate of drug-likeness (QED) is 0.501. The molecule has 0 aromatic carbocycles. The van der Waals surface area contributed by atoms with Gasteiger partial charge in [0, 0.05) is 81.9 Å². The summed E-state index contributed by atoms with van der Waals surface area (Å²) in [5.41, 5.74) is 0.